The minimum absolute atomic E-state index is 0. The van der Waals surface area contributed by atoms with E-state index < -0.39 is 0 Å². The third-order valence-electron chi connectivity index (χ3n) is 5.35. The lowest BCUT2D eigenvalue weighted by Crippen LogP contribution is -2.48. The molecular formula is C18H28ClN3O. The Balaban J connectivity index is 0.00000192. The topological polar surface area (TPSA) is 35.6 Å². The second-order valence-electron chi connectivity index (χ2n) is 6.72. The minimum Gasteiger partial charge on any atom is -0.338 e. The van der Waals surface area contributed by atoms with Crippen LogP contribution in [-0.4, -0.2) is 55.0 Å². The van der Waals surface area contributed by atoms with Crippen LogP contribution in [0.25, 0.3) is 0 Å². The van der Waals surface area contributed by atoms with Gasteiger partial charge in [0.1, 0.15) is 0 Å². The Morgan fingerprint density at radius 2 is 2.09 bits per heavy atom. The zero-order valence-corrected chi connectivity index (χ0v) is 14.9. The van der Waals surface area contributed by atoms with Crippen molar-refractivity contribution in [1.29, 1.82) is 0 Å². The average Bonchev–Trinajstić information content (AvgIpc) is 3.02. The van der Waals surface area contributed by atoms with Crippen molar-refractivity contribution in [3.05, 3.63) is 35.9 Å². The van der Waals surface area contributed by atoms with E-state index in [0.717, 1.165) is 25.6 Å². The largest absolute Gasteiger partial charge is 0.338 e. The highest BCUT2D eigenvalue weighted by atomic mass is 35.5. The number of carbonyl (C=O) groups is 1. The number of nitrogens with zero attached hydrogens (tertiary/aromatic N) is 2. The third kappa shape index (κ3) is 4.25. The summed E-state index contributed by atoms with van der Waals surface area (Å²) in [5.41, 5.74) is 1.19. The molecule has 3 atom stereocenters. The molecule has 3 unspecified atom stereocenters. The van der Waals surface area contributed by atoms with Gasteiger partial charge in [0.15, 0.2) is 0 Å². The molecule has 2 fully saturated rings. The first-order chi connectivity index (χ1) is 10.6. The molecule has 2 heterocycles. The SMILES string of the molecule is CC(c1ccccc1)N(C)C(=O)CN1CCC2NCCC2C1.Cl. The Morgan fingerprint density at radius 3 is 2.83 bits per heavy atom. The van der Waals surface area contributed by atoms with Crippen molar-refractivity contribution in [3.63, 3.8) is 0 Å². The Kier molecular flexibility index (Phi) is 6.45. The van der Waals surface area contributed by atoms with Gasteiger partial charge in [-0.2, -0.15) is 0 Å². The summed E-state index contributed by atoms with van der Waals surface area (Å²) in [4.78, 5) is 16.8. The van der Waals surface area contributed by atoms with Gasteiger partial charge in [-0.3, -0.25) is 9.69 Å². The van der Waals surface area contributed by atoms with Crippen molar-refractivity contribution < 1.29 is 4.79 Å². The van der Waals surface area contributed by atoms with Crippen LogP contribution in [-0.2, 0) is 4.79 Å². The van der Waals surface area contributed by atoms with Crippen molar-refractivity contribution in [2.45, 2.75) is 31.8 Å². The van der Waals surface area contributed by atoms with Crippen molar-refractivity contribution in [1.82, 2.24) is 15.1 Å². The lowest BCUT2D eigenvalue weighted by molar-refractivity contribution is -0.133. The van der Waals surface area contributed by atoms with Gasteiger partial charge in [0.2, 0.25) is 5.91 Å². The van der Waals surface area contributed by atoms with E-state index in [9.17, 15) is 4.79 Å². The maximum Gasteiger partial charge on any atom is 0.236 e. The van der Waals surface area contributed by atoms with E-state index in [-0.39, 0.29) is 24.4 Å². The van der Waals surface area contributed by atoms with E-state index in [0.29, 0.717) is 12.6 Å². The summed E-state index contributed by atoms with van der Waals surface area (Å²) in [7, 11) is 1.92. The van der Waals surface area contributed by atoms with E-state index >= 15 is 0 Å². The van der Waals surface area contributed by atoms with Crippen LogP contribution >= 0.6 is 12.4 Å². The summed E-state index contributed by atoms with van der Waals surface area (Å²) < 4.78 is 0. The van der Waals surface area contributed by atoms with Crippen LogP contribution in [0.4, 0.5) is 0 Å². The normalized spacial score (nSPS) is 25.3. The molecule has 5 heteroatoms. The zero-order chi connectivity index (χ0) is 15.5. The third-order valence-corrected chi connectivity index (χ3v) is 5.35. The number of hydrogen-bond acceptors (Lipinski definition) is 3. The number of likely N-dealkylation sites (N-methyl/N-ethyl adjacent to an activating group) is 1. The van der Waals surface area contributed by atoms with Crippen LogP contribution in [0.5, 0.6) is 0 Å². The maximum absolute atomic E-state index is 12.6. The molecule has 4 nitrogen and oxygen atoms in total. The van der Waals surface area contributed by atoms with Gasteiger partial charge in [-0.1, -0.05) is 30.3 Å². The fourth-order valence-electron chi connectivity index (χ4n) is 3.74. The van der Waals surface area contributed by atoms with Crippen molar-refractivity contribution in [3.8, 4) is 0 Å². The van der Waals surface area contributed by atoms with Gasteiger partial charge < -0.3 is 10.2 Å². The van der Waals surface area contributed by atoms with E-state index in [2.05, 4.69) is 29.3 Å². The van der Waals surface area contributed by atoms with E-state index in [1.165, 1.54) is 18.4 Å². The van der Waals surface area contributed by atoms with Crippen LogP contribution in [0.1, 0.15) is 31.4 Å². The maximum atomic E-state index is 12.6. The lowest BCUT2D eigenvalue weighted by atomic mass is 9.93. The molecule has 1 aromatic carbocycles. The molecule has 3 rings (SSSR count). The molecule has 2 aliphatic heterocycles. The van der Waals surface area contributed by atoms with Gasteiger partial charge in [-0.05, 0) is 37.8 Å². The van der Waals surface area contributed by atoms with Gasteiger partial charge in [0.05, 0.1) is 12.6 Å². The number of nitrogens with one attached hydrogen (secondary N) is 1. The van der Waals surface area contributed by atoms with Crippen LogP contribution < -0.4 is 5.32 Å². The molecule has 0 spiro atoms. The second-order valence-corrected chi connectivity index (χ2v) is 6.72. The first-order valence-corrected chi connectivity index (χ1v) is 8.41. The second kappa shape index (κ2) is 8.13. The molecule has 0 aliphatic carbocycles. The van der Waals surface area contributed by atoms with Crippen LogP contribution in [0, 0.1) is 5.92 Å². The molecule has 0 radical (unpaired) electrons. The predicted molar refractivity (Wildman–Crippen MR) is 95.8 cm³/mol. The average molecular weight is 338 g/mol. The van der Waals surface area contributed by atoms with Crippen LogP contribution in [0.2, 0.25) is 0 Å². The summed E-state index contributed by atoms with van der Waals surface area (Å²) in [5, 5.41) is 3.57. The number of hydrogen-bond donors (Lipinski definition) is 1. The Morgan fingerprint density at radius 1 is 1.35 bits per heavy atom. The summed E-state index contributed by atoms with van der Waals surface area (Å²) >= 11 is 0. The van der Waals surface area contributed by atoms with Gasteiger partial charge >= 0.3 is 0 Å². The van der Waals surface area contributed by atoms with E-state index in [1.54, 1.807) is 0 Å². The van der Waals surface area contributed by atoms with E-state index in [1.807, 2.05) is 30.1 Å². The lowest BCUT2D eigenvalue weighted by Gasteiger charge is -2.36. The molecular weight excluding hydrogens is 310 g/mol. The molecule has 1 amide bonds. The van der Waals surface area contributed by atoms with E-state index in [4.69, 9.17) is 0 Å². The van der Waals surface area contributed by atoms with Gasteiger partial charge in [0.25, 0.3) is 0 Å². The van der Waals surface area contributed by atoms with Gasteiger partial charge in [-0.25, -0.2) is 0 Å². The molecule has 0 aromatic heterocycles. The molecule has 23 heavy (non-hydrogen) atoms. The van der Waals surface area contributed by atoms with Crippen LogP contribution in [0.3, 0.4) is 0 Å². The van der Waals surface area contributed by atoms with Crippen LogP contribution in [0.15, 0.2) is 30.3 Å². The number of fused-ring (bicyclic) bond motifs is 1. The number of likely N-dealkylation sites (tertiary alicyclic amines) is 1. The number of rotatable bonds is 4. The summed E-state index contributed by atoms with van der Waals surface area (Å²) in [6.45, 7) is 5.89. The highest BCUT2D eigenvalue weighted by Gasteiger charge is 2.33. The summed E-state index contributed by atoms with van der Waals surface area (Å²) in [6, 6.07) is 11.1. The zero-order valence-electron chi connectivity index (χ0n) is 14.1. The monoisotopic (exact) mass is 337 g/mol. The van der Waals surface area contributed by atoms with Gasteiger partial charge in [-0.15, -0.1) is 12.4 Å². The Bertz CT molecular complexity index is 510. The molecule has 1 N–H and O–H groups in total. The van der Waals surface area contributed by atoms with Crippen molar-refractivity contribution >= 4 is 18.3 Å². The molecule has 1 aromatic rings. The van der Waals surface area contributed by atoms with Crippen molar-refractivity contribution in [2.24, 2.45) is 5.92 Å². The Labute approximate surface area is 145 Å². The number of halogens is 1. The first kappa shape index (κ1) is 18.2. The number of piperidine rings is 1. The minimum atomic E-state index is 0. The quantitative estimate of drug-likeness (QED) is 0.915. The molecule has 2 aliphatic rings. The number of benzene rings is 1. The fourth-order valence-corrected chi connectivity index (χ4v) is 3.74. The highest BCUT2D eigenvalue weighted by molar-refractivity contribution is 5.85. The number of carbonyl (C=O) groups excluding carboxylic acids is 1. The fraction of sp³-hybridized carbons (Fsp3) is 0.611. The predicted octanol–water partition coefficient (Wildman–Crippen LogP) is 2.31. The molecule has 0 saturated carbocycles. The highest BCUT2D eigenvalue weighted by Crippen LogP contribution is 2.25. The number of amides is 1. The summed E-state index contributed by atoms with van der Waals surface area (Å²) in [5.74, 6) is 0.958. The van der Waals surface area contributed by atoms with Crippen molar-refractivity contribution in [2.75, 3.05) is 33.2 Å². The smallest absolute Gasteiger partial charge is 0.236 e. The Hall–Kier alpha value is -1.10. The molecule has 128 valence electrons. The van der Waals surface area contributed by atoms with Gasteiger partial charge in [0, 0.05) is 26.2 Å². The molecule has 2 saturated heterocycles. The molecule has 0 bridgehead atoms. The standard InChI is InChI=1S/C18H27N3O.ClH/c1-14(15-6-4-3-5-7-15)20(2)18(22)13-21-11-9-17-16(12-21)8-10-19-17;/h3-7,14,16-17,19H,8-13H2,1-2H3;1H. The summed E-state index contributed by atoms with van der Waals surface area (Å²) in [6.07, 6.45) is 2.43. The first-order valence-electron chi connectivity index (χ1n) is 8.41.